The van der Waals surface area contributed by atoms with Crippen LogP contribution < -0.4 is 10.1 Å². The normalized spacial score (nSPS) is 20.8. The van der Waals surface area contributed by atoms with Crippen LogP contribution >= 0.6 is 0 Å². The van der Waals surface area contributed by atoms with Gasteiger partial charge in [-0.15, -0.1) is 0 Å². The van der Waals surface area contributed by atoms with E-state index in [0.29, 0.717) is 17.9 Å². The summed E-state index contributed by atoms with van der Waals surface area (Å²) in [6, 6.07) is 8.95. The Labute approximate surface area is 104 Å². The first-order valence-electron chi connectivity index (χ1n) is 6.66. The minimum absolute atomic E-state index is 0.549. The fourth-order valence-electron chi connectivity index (χ4n) is 2.76. The molecule has 2 rings (SSSR count). The van der Waals surface area contributed by atoms with Crippen molar-refractivity contribution in [3.05, 3.63) is 29.8 Å². The molecule has 1 heterocycles. The molecule has 0 aromatic heterocycles. The zero-order chi connectivity index (χ0) is 12.3. The minimum Gasteiger partial charge on any atom is -0.493 e. The first-order chi connectivity index (χ1) is 8.22. The number of rotatable bonds is 4. The van der Waals surface area contributed by atoms with E-state index in [2.05, 4.69) is 44.3 Å². The van der Waals surface area contributed by atoms with Gasteiger partial charge in [-0.1, -0.05) is 39.0 Å². The molecule has 0 saturated carbocycles. The molecule has 94 valence electrons. The first kappa shape index (κ1) is 12.4. The molecular weight excluding hydrogens is 210 g/mol. The third kappa shape index (κ3) is 2.81. The Morgan fingerprint density at radius 1 is 1.35 bits per heavy atom. The van der Waals surface area contributed by atoms with Gasteiger partial charge in [-0.25, -0.2) is 0 Å². The molecular formula is C15H23NO. The van der Waals surface area contributed by atoms with Crippen LogP contribution in [0.5, 0.6) is 5.75 Å². The second-order valence-corrected chi connectivity index (χ2v) is 5.21. The quantitative estimate of drug-likeness (QED) is 0.863. The Morgan fingerprint density at radius 3 is 2.82 bits per heavy atom. The van der Waals surface area contributed by atoms with Crippen LogP contribution in [-0.2, 0) is 6.42 Å². The highest BCUT2D eigenvalue weighted by atomic mass is 16.5. The van der Waals surface area contributed by atoms with Crippen molar-refractivity contribution in [2.75, 3.05) is 13.2 Å². The predicted molar refractivity (Wildman–Crippen MR) is 71.4 cm³/mol. The number of ether oxygens (including phenoxy) is 1. The molecule has 0 saturated heterocycles. The Kier molecular flexibility index (Phi) is 4.06. The van der Waals surface area contributed by atoms with Crippen molar-refractivity contribution >= 4 is 0 Å². The highest BCUT2D eigenvalue weighted by Crippen LogP contribution is 2.29. The molecule has 1 aliphatic rings. The van der Waals surface area contributed by atoms with Crippen molar-refractivity contribution in [3.8, 4) is 5.75 Å². The standard InChI is InChI=1S/C15H23NO/c1-4-16-15(11(2)3)13-9-12-7-5-6-8-14(12)17-10-13/h5-8,11,13,15-16H,4,9-10H2,1-3H3. The summed E-state index contributed by atoms with van der Waals surface area (Å²) in [5, 5.41) is 3.60. The topological polar surface area (TPSA) is 21.3 Å². The van der Waals surface area contributed by atoms with Gasteiger partial charge < -0.3 is 10.1 Å². The molecule has 0 fully saturated rings. The SMILES string of the molecule is CCNC(C(C)C)C1COc2ccccc2C1. The maximum atomic E-state index is 5.87. The zero-order valence-electron chi connectivity index (χ0n) is 11.1. The number of fused-ring (bicyclic) bond motifs is 1. The Balaban J connectivity index is 2.10. The average molecular weight is 233 g/mol. The van der Waals surface area contributed by atoms with Crippen LogP contribution in [0.15, 0.2) is 24.3 Å². The van der Waals surface area contributed by atoms with Gasteiger partial charge >= 0.3 is 0 Å². The van der Waals surface area contributed by atoms with Crippen LogP contribution in [0.25, 0.3) is 0 Å². The Bertz CT molecular complexity index is 362. The van der Waals surface area contributed by atoms with E-state index >= 15 is 0 Å². The van der Waals surface area contributed by atoms with Crippen LogP contribution in [0.4, 0.5) is 0 Å². The first-order valence-corrected chi connectivity index (χ1v) is 6.66. The molecule has 0 bridgehead atoms. The van der Waals surface area contributed by atoms with Gasteiger partial charge in [0.1, 0.15) is 5.75 Å². The van der Waals surface area contributed by atoms with Crippen molar-refractivity contribution in [1.29, 1.82) is 0 Å². The summed E-state index contributed by atoms with van der Waals surface area (Å²) in [5.74, 6) is 2.31. The fourth-order valence-corrected chi connectivity index (χ4v) is 2.76. The number of nitrogens with one attached hydrogen (secondary N) is 1. The molecule has 17 heavy (non-hydrogen) atoms. The van der Waals surface area contributed by atoms with Gasteiger partial charge in [0.15, 0.2) is 0 Å². The molecule has 1 N–H and O–H groups in total. The van der Waals surface area contributed by atoms with E-state index in [0.717, 1.165) is 25.3 Å². The maximum absolute atomic E-state index is 5.87. The molecule has 2 heteroatoms. The van der Waals surface area contributed by atoms with Gasteiger partial charge in [0.05, 0.1) is 6.61 Å². The summed E-state index contributed by atoms with van der Waals surface area (Å²) in [6.07, 6.45) is 1.13. The summed E-state index contributed by atoms with van der Waals surface area (Å²) in [4.78, 5) is 0. The van der Waals surface area contributed by atoms with Crippen molar-refractivity contribution in [1.82, 2.24) is 5.32 Å². The number of hydrogen-bond donors (Lipinski definition) is 1. The molecule has 2 unspecified atom stereocenters. The molecule has 1 aliphatic heterocycles. The Hall–Kier alpha value is -1.02. The van der Waals surface area contributed by atoms with E-state index in [9.17, 15) is 0 Å². The maximum Gasteiger partial charge on any atom is 0.122 e. The third-order valence-electron chi connectivity index (χ3n) is 3.57. The lowest BCUT2D eigenvalue weighted by Crippen LogP contribution is -2.44. The van der Waals surface area contributed by atoms with E-state index in [-0.39, 0.29) is 0 Å². The lowest BCUT2D eigenvalue weighted by molar-refractivity contribution is 0.162. The van der Waals surface area contributed by atoms with Gasteiger partial charge in [0.25, 0.3) is 0 Å². The van der Waals surface area contributed by atoms with Crippen molar-refractivity contribution < 1.29 is 4.74 Å². The molecule has 0 amide bonds. The number of hydrogen-bond acceptors (Lipinski definition) is 2. The number of benzene rings is 1. The molecule has 1 aromatic rings. The van der Waals surface area contributed by atoms with Crippen molar-refractivity contribution in [2.45, 2.75) is 33.2 Å². The minimum atomic E-state index is 0.549. The summed E-state index contributed by atoms with van der Waals surface area (Å²) >= 11 is 0. The second kappa shape index (κ2) is 5.54. The number of para-hydroxylation sites is 1. The van der Waals surface area contributed by atoms with E-state index in [1.54, 1.807) is 0 Å². The smallest absolute Gasteiger partial charge is 0.122 e. The van der Waals surface area contributed by atoms with E-state index in [4.69, 9.17) is 4.74 Å². The van der Waals surface area contributed by atoms with Crippen LogP contribution in [-0.4, -0.2) is 19.2 Å². The molecule has 2 nitrogen and oxygen atoms in total. The van der Waals surface area contributed by atoms with E-state index in [1.807, 2.05) is 6.07 Å². The zero-order valence-corrected chi connectivity index (χ0v) is 11.1. The average Bonchev–Trinajstić information content (AvgIpc) is 2.35. The lowest BCUT2D eigenvalue weighted by atomic mass is 9.84. The predicted octanol–water partition coefficient (Wildman–Crippen LogP) is 2.87. The Morgan fingerprint density at radius 2 is 2.12 bits per heavy atom. The summed E-state index contributed by atoms with van der Waals surface area (Å²) < 4.78 is 5.87. The molecule has 1 aromatic carbocycles. The largest absolute Gasteiger partial charge is 0.493 e. The summed E-state index contributed by atoms with van der Waals surface area (Å²) in [6.45, 7) is 8.61. The van der Waals surface area contributed by atoms with Gasteiger partial charge in [-0.2, -0.15) is 0 Å². The van der Waals surface area contributed by atoms with Crippen molar-refractivity contribution in [3.63, 3.8) is 0 Å². The highest BCUT2D eigenvalue weighted by molar-refractivity contribution is 5.35. The lowest BCUT2D eigenvalue weighted by Gasteiger charge is -2.34. The monoisotopic (exact) mass is 233 g/mol. The second-order valence-electron chi connectivity index (χ2n) is 5.21. The van der Waals surface area contributed by atoms with Crippen LogP contribution in [0, 0.1) is 11.8 Å². The summed E-state index contributed by atoms with van der Waals surface area (Å²) in [7, 11) is 0. The molecule has 2 atom stereocenters. The molecule has 0 spiro atoms. The van der Waals surface area contributed by atoms with Crippen LogP contribution in [0.2, 0.25) is 0 Å². The van der Waals surface area contributed by atoms with Crippen molar-refractivity contribution in [2.24, 2.45) is 11.8 Å². The fraction of sp³-hybridized carbons (Fsp3) is 0.600. The van der Waals surface area contributed by atoms with E-state index in [1.165, 1.54) is 5.56 Å². The van der Waals surface area contributed by atoms with Crippen LogP contribution in [0.3, 0.4) is 0 Å². The van der Waals surface area contributed by atoms with E-state index < -0.39 is 0 Å². The summed E-state index contributed by atoms with van der Waals surface area (Å²) in [5.41, 5.74) is 1.35. The van der Waals surface area contributed by atoms with Gasteiger partial charge in [-0.3, -0.25) is 0 Å². The van der Waals surface area contributed by atoms with Crippen LogP contribution in [0.1, 0.15) is 26.3 Å². The molecule has 0 aliphatic carbocycles. The van der Waals surface area contributed by atoms with Gasteiger partial charge in [0, 0.05) is 12.0 Å². The molecule has 0 radical (unpaired) electrons. The van der Waals surface area contributed by atoms with Gasteiger partial charge in [-0.05, 0) is 30.5 Å². The third-order valence-corrected chi connectivity index (χ3v) is 3.57. The van der Waals surface area contributed by atoms with Gasteiger partial charge in [0.2, 0.25) is 0 Å². The highest BCUT2D eigenvalue weighted by Gasteiger charge is 2.28.